The first kappa shape index (κ1) is 11.9. The van der Waals surface area contributed by atoms with Crippen LogP contribution < -0.4 is 0 Å². The van der Waals surface area contributed by atoms with Gasteiger partial charge in [-0.15, -0.1) is 0 Å². The van der Waals surface area contributed by atoms with E-state index < -0.39 is 0 Å². The second kappa shape index (κ2) is 5.67. The molecule has 2 rings (SSSR count). The van der Waals surface area contributed by atoms with Crippen LogP contribution >= 0.6 is 23.4 Å². The van der Waals surface area contributed by atoms with Crippen LogP contribution in [0.15, 0.2) is 41.8 Å². The normalized spacial score (nSPS) is 9.88. The van der Waals surface area contributed by atoms with Gasteiger partial charge in [-0.1, -0.05) is 29.4 Å². The van der Waals surface area contributed by atoms with Gasteiger partial charge in [-0.3, -0.25) is 0 Å². The fraction of sp³-hybridized carbons (Fsp3) is 0.0833. The Bertz CT molecular complexity index is 551. The van der Waals surface area contributed by atoms with Crippen LogP contribution in [0.3, 0.4) is 0 Å². The Morgan fingerprint density at radius 3 is 2.71 bits per heavy atom. The Hall–Kier alpha value is -1.57. The summed E-state index contributed by atoms with van der Waals surface area (Å²) in [5, 5.41) is 10.0. The first-order valence-corrected chi connectivity index (χ1v) is 6.24. The van der Waals surface area contributed by atoms with Crippen LogP contribution in [0.2, 0.25) is 5.02 Å². The number of halogens is 1. The molecule has 0 saturated carbocycles. The SMILES string of the molecule is N#Cc1ccc(CSc2ncccn2)c(Cl)c1. The number of thioether (sulfide) groups is 1. The molecule has 3 nitrogen and oxygen atoms in total. The number of nitrogens with zero attached hydrogens (tertiary/aromatic N) is 3. The lowest BCUT2D eigenvalue weighted by molar-refractivity contribution is 0.966. The van der Waals surface area contributed by atoms with Crippen molar-refractivity contribution >= 4 is 23.4 Å². The van der Waals surface area contributed by atoms with E-state index in [4.69, 9.17) is 16.9 Å². The molecule has 2 aromatic rings. The van der Waals surface area contributed by atoms with Gasteiger partial charge in [0.1, 0.15) is 0 Å². The summed E-state index contributed by atoms with van der Waals surface area (Å²) in [5.41, 5.74) is 1.54. The summed E-state index contributed by atoms with van der Waals surface area (Å²) in [6.07, 6.45) is 3.41. The molecule has 5 heteroatoms. The molecule has 17 heavy (non-hydrogen) atoms. The topological polar surface area (TPSA) is 49.6 Å². The van der Waals surface area contributed by atoms with E-state index in [1.807, 2.05) is 6.07 Å². The molecule has 1 aromatic carbocycles. The standard InChI is InChI=1S/C12H8ClN3S/c13-11-6-9(7-14)2-3-10(11)8-17-12-15-4-1-5-16-12/h1-6H,8H2. The Morgan fingerprint density at radius 2 is 2.06 bits per heavy atom. The van der Waals surface area contributed by atoms with Gasteiger partial charge in [-0.25, -0.2) is 9.97 Å². The Morgan fingerprint density at radius 1 is 1.29 bits per heavy atom. The molecule has 0 radical (unpaired) electrons. The van der Waals surface area contributed by atoms with Crippen molar-refractivity contribution in [1.82, 2.24) is 9.97 Å². The molecule has 0 amide bonds. The van der Waals surface area contributed by atoms with E-state index in [0.29, 0.717) is 21.5 Å². The molecule has 0 bridgehead atoms. The minimum absolute atomic E-state index is 0.569. The predicted molar refractivity (Wildman–Crippen MR) is 67.8 cm³/mol. The van der Waals surface area contributed by atoms with Gasteiger partial charge in [-0.2, -0.15) is 5.26 Å². The van der Waals surface area contributed by atoms with Crippen LogP contribution in [0, 0.1) is 11.3 Å². The van der Waals surface area contributed by atoms with Crippen LogP contribution in [0.4, 0.5) is 0 Å². The fourth-order valence-corrected chi connectivity index (χ4v) is 2.37. The third kappa shape index (κ3) is 3.19. The maximum absolute atomic E-state index is 8.73. The Labute approximate surface area is 108 Å². The van der Waals surface area contributed by atoms with E-state index in [1.54, 1.807) is 30.6 Å². The molecule has 0 aliphatic heterocycles. The van der Waals surface area contributed by atoms with Crippen molar-refractivity contribution in [2.24, 2.45) is 0 Å². The van der Waals surface area contributed by atoms with Gasteiger partial charge in [0.25, 0.3) is 0 Å². The van der Waals surface area contributed by atoms with Crippen LogP contribution in [-0.4, -0.2) is 9.97 Å². The zero-order valence-electron chi connectivity index (χ0n) is 8.80. The summed E-state index contributed by atoms with van der Waals surface area (Å²) in [6, 6.07) is 9.11. The third-order valence-corrected chi connectivity index (χ3v) is 3.36. The van der Waals surface area contributed by atoms with Crippen molar-refractivity contribution in [3.8, 4) is 6.07 Å². The maximum Gasteiger partial charge on any atom is 0.187 e. The molecular formula is C12H8ClN3S. The average molecular weight is 262 g/mol. The fourth-order valence-electron chi connectivity index (χ4n) is 1.24. The molecule has 0 fully saturated rings. The number of hydrogen-bond acceptors (Lipinski definition) is 4. The van der Waals surface area contributed by atoms with E-state index in [2.05, 4.69) is 16.0 Å². The smallest absolute Gasteiger partial charge is 0.187 e. The highest BCUT2D eigenvalue weighted by atomic mass is 35.5. The van der Waals surface area contributed by atoms with Gasteiger partial charge in [0.05, 0.1) is 11.6 Å². The number of hydrogen-bond donors (Lipinski definition) is 0. The number of nitriles is 1. The molecule has 0 unspecified atom stereocenters. The lowest BCUT2D eigenvalue weighted by atomic mass is 10.2. The highest BCUT2D eigenvalue weighted by molar-refractivity contribution is 7.98. The summed E-state index contributed by atoms with van der Waals surface area (Å²) < 4.78 is 0. The zero-order chi connectivity index (χ0) is 12.1. The van der Waals surface area contributed by atoms with E-state index in [0.717, 1.165) is 5.56 Å². The summed E-state index contributed by atoms with van der Waals surface area (Å²) in [4.78, 5) is 8.23. The van der Waals surface area contributed by atoms with Crippen LogP contribution in [0.1, 0.15) is 11.1 Å². The number of rotatable bonds is 3. The van der Waals surface area contributed by atoms with Gasteiger partial charge in [0, 0.05) is 23.2 Å². The molecule has 0 aliphatic carbocycles. The minimum atomic E-state index is 0.569. The van der Waals surface area contributed by atoms with Gasteiger partial charge in [0.15, 0.2) is 5.16 Å². The van der Waals surface area contributed by atoms with Gasteiger partial charge < -0.3 is 0 Å². The largest absolute Gasteiger partial charge is 0.231 e. The average Bonchev–Trinajstić information content (AvgIpc) is 2.38. The van der Waals surface area contributed by atoms with Crippen molar-refractivity contribution in [1.29, 1.82) is 5.26 Å². The Kier molecular flexibility index (Phi) is 3.97. The van der Waals surface area contributed by atoms with Crippen molar-refractivity contribution in [2.45, 2.75) is 10.9 Å². The minimum Gasteiger partial charge on any atom is -0.231 e. The van der Waals surface area contributed by atoms with E-state index in [9.17, 15) is 0 Å². The van der Waals surface area contributed by atoms with E-state index in [1.165, 1.54) is 11.8 Å². The lowest BCUT2D eigenvalue weighted by Gasteiger charge is -2.03. The molecule has 0 N–H and O–H groups in total. The second-order valence-electron chi connectivity index (χ2n) is 3.24. The molecule has 0 atom stereocenters. The highest BCUT2D eigenvalue weighted by Crippen LogP contribution is 2.25. The maximum atomic E-state index is 8.73. The van der Waals surface area contributed by atoms with Crippen LogP contribution in [0.5, 0.6) is 0 Å². The van der Waals surface area contributed by atoms with E-state index in [-0.39, 0.29) is 0 Å². The van der Waals surface area contributed by atoms with Crippen molar-refractivity contribution < 1.29 is 0 Å². The molecule has 0 aliphatic rings. The first-order valence-electron chi connectivity index (χ1n) is 4.88. The molecule has 1 heterocycles. The third-order valence-electron chi connectivity index (χ3n) is 2.08. The number of benzene rings is 1. The lowest BCUT2D eigenvalue weighted by Crippen LogP contribution is -1.87. The highest BCUT2D eigenvalue weighted by Gasteiger charge is 2.03. The molecule has 1 aromatic heterocycles. The predicted octanol–water partition coefficient (Wildman–Crippen LogP) is 3.29. The summed E-state index contributed by atoms with van der Waals surface area (Å²) in [5.74, 6) is 0.689. The Balaban J connectivity index is 2.08. The molecule has 0 saturated heterocycles. The van der Waals surface area contributed by atoms with E-state index >= 15 is 0 Å². The molecular weight excluding hydrogens is 254 g/mol. The zero-order valence-corrected chi connectivity index (χ0v) is 10.4. The number of aromatic nitrogens is 2. The summed E-state index contributed by atoms with van der Waals surface area (Å²) in [7, 11) is 0. The van der Waals surface area contributed by atoms with Gasteiger partial charge >= 0.3 is 0 Å². The second-order valence-corrected chi connectivity index (χ2v) is 4.59. The van der Waals surface area contributed by atoms with Crippen molar-refractivity contribution in [3.63, 3.8) is 0 Å². The first-order chi connectivity index (χ1) is 8.29. The molecule has 84 valence electrons. The monoisotopic (exact) mass is 261 g/mol. The summed E-state index contributed by atoms with van der Waals surface area (Å²) in [6.45, 7) is 0. The van der Waals surface area contributed by atoms with Gasteiger partial charge in [-0.05, 0) is 23.8 Å². The quantitative estimate of drug-likeness (QED) is 0.628. The van der Waals surface area contributed by atoms with Gasteiger partial charge in [0.2, 0.25) is 0 Å². The summed E-state index contributed by atoms with van der Waals surface area (Å²) >= 11 is 7.58. The molecule has 0 spiro atoms. The van der Waals surface area contributed by atoms with Crippen LogP contribution in [-0.2, 0) is 5.75 Å². The van der Waals surface area contributed by atoms with Crippen molar-refractivity contribution in [2.75, 3.05) is 0 Å². The van der Waals surface area contributed by atoms with Crippen LogP contribution in [0.25, 0.3) is 0 Å². The van der Waals surface area contributed by atoms with Crippen molar-refractivity contribution in [3.05, 3.63) is 52.8 Å².